The molecule has 0 unspecified atom stereocenters. The molecule has 0 aliphatic heterocycles. The van der Waals surface area contributed by atoms with Crippen LogP contribution in [0.3, 0.4) is 0 Å². The highest BCUT2D eigenvalue weighted by Crippen LogP contribution is 2.04. The lowest BCUT2D eigenvalue weighted by Gasteiger charge is -2.00. The molecule has 0 spiro atoms. The largest absolute Gasteiger partial charge is 0.355 e. The summed E-state index contributed by atoms with van der Waals surface area (Å²) in [6, 6.07) is 5.78. The fourth-order valence-electron chi connectivity index (χ4n) is 1.61. The Labute approximate surface area is 100.0 Å². The van der Waals surface area contributed by atoms with Crippen molar-refractivity contribution in [2.45, 2.75) is 12.8 Å². The Balaban J connectivity index is 1.98. The number of rotatable bonds is 5. The Morgan fingerprint density at radius 2 is 2.41 bits per heavy atom. The van der Waals surface area contributed by atoms with Crippen LogP contribution in [0.2, 0.25) is 0 Å². The van der Waals surface area contributed by atoms with Crippen molar-refractivity contribution in [1.29, 1.82) is 0 Å². The third-order valence-electron chi connectivity index (χ3n) is 2.43. The summed E-state index contributed by atoms with van der Waals surface area (Å²) < 4.78 is 1.91. The van der Waals surface area contributed by atoms with Crippen LogP contribution in [0, 0.1) is 0 Å². The highest BCUT2D eigenvalue weighted by atomic mass is 16.1. The Hall–Kier alpha value is -2.10. The molecule has 0 aromatic carbocycles. The molecule has 2 rings (SSSR count). The smallest absolute Gasteiger partial charge is 0.226 e. The fourth-order valence-corrected chi connectivity index (χ4v) is 1.61. The number of carbonyl (C=O) groups excluding carboxylic acids is 1. The molecule has 0 saturated heterocycles. The zero-order chi connectivity index (χ0) is 12.1. The van der Waals surface area contributed by atoms with E-state index in [1.807, 2.05) is 35.0 Å². The van der Waals surface area contributed by atoms with Gasteiger partial charge in [0, 0.05) is 18.9 Å². The maximum Gasteiger partial charge on any atom is 0.226 e. The minimum atomic E-state index is -0.00439. The Bertz CT molecular complexity index is 497. The van der Waals surface area contributed by atoms with E-state index in [1.165, 1.54) is 0 Å². The molecule has 0 atom stereocenters. The number of amides is 1. The summed E-state index contributed by atoms with van der Waals surface area (Å²) >= 11 is 0. The van der Waals surface area contributed by atoms with Crippen LogP contribution in [0.1, 0.15) is 12.1 Å². The van der Waals surface area contributed by atoms with Gasteiger partial charge in [-0.25, -0.2) is 4.98 Å². The van der Waals surface area contributed by atoms with Crippen molar-refractivity contribution in [3.63, 3.8) is 0 Å². The lowest BCUT2D eigenvalue weighted by molar-refractivity contribution is -0.120. The highest BCUT2D eigenvalue weighted by molar-refractivity contribution is 5.78. The number of nitrogens with one attached hydrogen (secondary N) is 1. The number of carbonyl (C=O) groups is 1. The SMILES string of the molecule is C=CCCNC(=O)Cc1cn2ccccc2n1. The van der Waals surface area contributed by atoms with E-state index in [0.717, 1.165) is 17.8 Å². The summed E-state index contributed by atoms with van der Waals surface area (Å²) in [5, 5.41) is 2.82. The number of fused-ring (bicyclic) bond motifs is 1. The minimum absolute atomic E-state index is 0.00439. The molecule has 0 saturated carbocycles. The average Bonchev–Trinajstić information content (AvgIpc) is 2.71. The van der Waals surface area contributed by atoms with Crippen molar-refractivity contribution < 1.29 is 4.79 Å². The first kappa shape index (κ1) is 11.4. The zero-order valence-electron chi connectivity index (χ0n) is 9.60. The van der Waals surface area contributed by atoms with E-state index >= 15 is 0 Å². The molecule has 4 heteroatoms. The van der Waals surface area contributed by atoms with Crippen LogP contribution in [0.4, 0.5) is 0 Å². The van der Waals surface area contributed by atoms with Gasteiger partial charge in [0.15, 0.2) is 0 Å². The van der Waals surface area contributed by atoms with Crippen molar-refractivity contribution in [3.05, 3.63) is 48.9 Å². The molecule has 1 amide bonds. The molecule has 2 heterocycles. The van der Waals surface area contributed by atoms with Gasteiger partial charge in [0.1, 0.15) is 5.65 Å². The normalized spacial score (nSPS) is 10.4. The van der Waals surface area contributed by atoms with Crippen LogP contribution in [-0.4, -0.2) is 21.8 Å². The van der Waals surface area contributed by atoms with E-state index in [0.29, 0.717) is 13.0 Å². The molecule has 88 valence electrons. The molecular weight excluding hydrogens is 214 g/mol. The maximum atomic E-state index is 11.6. The lowest BCUT2D eigenvalue weighted by Crippen LogP contribution is -2.25. The van der Waals surface area contributed by atoms with E-state index < -0.39 is 0 Å². The van der Waals surface area contributed by atoms with E-state index in [4.69, 9.17) is 0 Å². The monoisotopic (exact) mass is 229 g/mol. The van der Waals surface area contributed by atoms with Crippen LogP contribution < -0.4 is 5.32 Å². The summed E-state index contributed by atoms with van der Waals surface area (Å²) in [5.41, 5.74) is 1.65. The maximum absolute atomic E-state index is 11.6. The van der Waals surface area contributed by atoms with Gasteiger partial charge < -0.3 is 9.72 Å². The lowest BCUT2D eigenvalue weighted by atomic mass is 10.3. The molecule has 0 aliphatic carbocycles. The van der Waals surface area contributed by atoms with Crippen LogP contribution in [0.15, 0.2) is 43.2 Å². The first-order valence-electron chi connectivity index (χ1n) is 5.60. The van der Waals surface area contributed by atoms with Gasteiger partial charge in [0.25, 0.3) is 0 Å². The number of imidazole rings is 1. The topological polar surface area (TPSA) is 46.4 Å². The van der Waals surface area contributed by atoms with Crippen LogP contribution >= 0.6 is 0 Å². The van der Waals surface area contributed by atoms with Crippen molar-refractivity contribution >= 4 is 11.6 Å². The summed E-state index contributed by atoms with van der Waals surface area (Å²) in [4.78, 5) is 15.9. The summed E-state index contributed by atoms with van der Waals surface area (Å²) in [5.74, 6) is -0.00439. The van der Waals surface area contributed by atoms with Crippen molar-refractivity contribution in [1.82, 2.24) is 14.7 Å². The van der Waals surface area contributed by atoms with E-state index in [2.05, 4.69) is 16.9 Å². The molecule has 0 fully saturated rings. The Morgan fingerprint density at radius 1 is 1.53 bits per heavy atom. The molecule has 0 aliphatic rings. The molecule has 4 nitrogen and oxygen atoms in total. The van der Waals surface area contributed by atoms with Gasteiger partial charge in [-0.05, 0) is 18.6 Å². The van der Waals surface area contributed by atoms with Crippen LogP contribution in [0.5, 0.6) is 0 Å². The predicted octanol–water partition coefficient (Wildman–Crippen LogP) is 1.57. The van der Waals surface area contributed by atoms with E-state index in [1.54, 1.807) is 6.08 Å². The number of pyridine rings is 1. The second-order valence-corrected chi connectivity index (χ2v) is 3.80. The molecule has 2 aromatic heterocycles. The van der Waals surface area contributed by atoms with Gasteiger partial charge in [-0.15, -0.1) is 6.58 Å². The first-order valence-corrected chi connectivity index (χ1v) is 5.60. The molecule has 17 heavy (non-hydrogen) atoms. The Morgan fingerprint density at radius 3 is 3.18 bits per heavy atom. The van der Waals surface area contributed by atoms with Gasteiger partial charge in [-0.3, -0.25) is 4.79 Å². The van der Waals surface area contributed by atoms with Crippen molar-refractivity contribution in [3.8, 4) is 0 Å². The van der Waals surface area contributed by atoms with Gasteiger partial charge in [0.05, 0.1) is 12.1 Å². The summed E-state index contributed by atoms with van der Waals surface area (Å²) in [7, 11) is 0. The van der Waals surface area contributed by atoms with Gasteiger partial charge >= 0.3 is 0 Å². The minimum Gasteiger partial charge on any atom is -0.355 e. The van der Waals surface area contributed by atoms with Gasteiger partial charge in [-0.1, -0.05) is 12.1 Å². The molecule has 0 bridgehead atoms. The number of aromatic nitrogens is 2. The summed E-state index contributed by atoms with van der Waals surface area (Å²) in [6.45, 7) is 4.24. The third-order valence-corrected chi connectivity index (χ3v) is 2.43. The first-order chi connectivity index (χ1) is 8.29. The molecule has 0 radical (unpaired) electrons. The number of hydrogen-bond donors (Lipinski definition) is 1. The van der Waals surface area contributed by atoms with Crippen LogP contribution in [-0.2, 0) is 11.2 Å². The second-order valence-electron chi connectivity index (χ2n) is 3.80. The van der Waals surface area contributed by atoms with Gasteiger partial charge in [0.2, 0.25) is 5.91 Å². The van der Waals surface area contributed by atoms with E-state index in [-0.39, 0.29) is 5.91 Å². The average molecular weight is 229 g/mol. The van der Waals surface area contributed by atoms with E-state index in [9.17, 15) is 4.79 Å². The number of hydrogen-bond acceptors (Lipinski definition) is 2. The zero-order valence-corrected chi connectivity index (χ0v) is 9.60. The fraction of sp³-hybridized carbons (Fsp3) is 0.231. The van der Waals surface area contributed by atoms with Gasteiger partial charge in [-0.2, -0.15) is 0 Å². The molecular formula is C13H15N3O. The standard InChI is InChI=1S/C13H15N3O/c1-2-3-7-14-13(17)9-11-10-16-8-5-4-6-12(16)15-11/h2,4-6,8,10H,1,3,7,9H2,(H,14,17). The van der Waals surface area contributed by atoms with Crippen molar-refractivity contribution in [2.75, 3.05) is 6.54 Å². The molecule has 1 N–H and O–H groups in total. The molecule has 2 aromatic rings. The third kappa shape index (κ3) is 2.93. The Kier molecular flexibility index (Phi) is 3.55. The van der Waals surface area contributed by atoms with Crippen molar-refractivity contribution in [2.24, 2.45) is 0 Å². The van der Waals surface area contributed by atoms with Crippen LogP contribution in [0.25, 0.3) is 5.65 Å². The predicted molar refractivity (Wildman–Crippen MR) is 66.7 cm³/mol. The number of nitrogens with zero attached hydrogens (tertiary/aromatic N) is 2. The quantitative estimate of drug-likeness (QED) is 0.625. The summed E-state index contributed by atoms with van der Waals surface area (Å²) in [6.07, 6.45) is 6.69. The second kappa shape index (κ2) is 5.30. The highest BCUT2D eigenvalue weighted by Gasteiger charge is 2.06.